The second kappa shape index (κ2) is 6.80. The van der Waals surface area contributed by atoms with Crippen LogP contribution in [0.1, 0.15) is 0 Å². The Hall–Kier alpha value is -3.90. The highest BCUT2D eigenvalue weighted by Gasteiger charge is 2.26. The molecular weight excluding hydrogens is 467 g/mol. The molecule has 3 heterocycles. The van der Waals surface area contributed by atoms with Gasteiger partial charge in [0.25, 0.3) is 5.56 Å². The average molecular weight is 477 g/mol. The predicted molar refractivity (Wildman–Crippen MR) is 110 cm³/mol. The van der Waals surface area contributed by atoms with Gasteiger partial charge in [-0.25, -0.2) is 17.6 Å². The number of aromatic amines is 1. The van der Waals surface area contributed by atoms with E-state index in [0.717, 1.165) is 18.2 Å². The number of sulfone groups is 1. The van der Waals surface area contributed by atoms with Crippen LogP contribution in [0.25, 0.3) is 27.7 Å². The molecule has 0 saturated carbocycles. The van der Waals surface area contributed by atoms with Gasteiger partial charge in [-0.3, -0.25) is 4.79 Å². The number of furan rings is 1. The molecule has 3 aromatic heterocycles. The number of aromatic nitrogens is 4. The Morgan fingerprint density at radius 3 is 2.69 bits per heavy atom. The minimum Gasteiger partial charge on any atom is -0.447 e. The maximum absolute atomic E-state index is 14.8. The van der Waals surface area contributed by atoms with E-state index in [4.69, 9.17) is 16.0 Å². The largest absolute Gasteiger partial charge is 0.447 e. The first-order chi connectivity index (χ1) is 15.2. The van der Waals surface area contributed by atoms with Crippen LogP contribution >= 0.6 is 11.6 Å². The summed E-state index contributed by atoms with van der Waals surface area (Å²) in [5.74, 6) is -0.623. The van der Waals surface area contributed by atoms with Gasteiger partial charge in [0.2, 0.25) is 15.7 Å². The second-order valence-corrected chi connectivity index (χ2v) is 9.02. The molecule has 0 amide bonds. The van der Waals surface area contributed by atoms with Gasteiger partial charge in [-0.15, -0.1) is 0 Å². The molecule has 5 aromatic rings. The maximum atomic E-state index is 14.8. The summed E-state index contributed by atoms with van der Waals surface area (Å²) >= 11 is 6.00. The molecule has 2 N–H and O–H groups in total. The topological polar surface area (TPSA) is 140 Å². The van der Waals surface area contributed by atoms with Crippen molar-refractivity contribution in [1.82, 2.24) is 19.5 Å². The third kappa shape index (κ3) is 2.77. The number of hydrogen-bond donors (Lipinski definition) is 2. The van der Waals surface area contributed by atoms with Gasteiger partial charge in [0, 0.05) is 6.07 Å². The monoisotopic (exact) mass is 476 g/mol. The summed E-state index contributed by atoms with van der Waals surface area (Å²) in [4.78, 5) is 25.3. The van der Waals surface area contributed by atoms with E-state index in [2.05, 4.69) is 10.1 Å². The molecule has 0 aliphatic rings. The van der Waals surface area contributed by atoms with Gasteiger partial charge in [-0.05, 0) is 30.3 Å². The highest BCUT2D eigenvalue weighted by atomic mass is 35.5. The number of H-pyrrole nitrogens is 1. The van der Waals surface area contributed by atoms with E-state index >= 15 is 0 Å². The summed E-state index contributed by atoms with van der Waals surface area (Å²) in [6.45, 7) is 0. The van der Waals surface area contributed by atoms with Gasteiger partial charge in [0.15, 0.2) is 0 Å². The van der Waals surface area contributed by atoms with Crippen LogP contribution in [0.15, 0.2) is 72.7 Å². The summed E-state index contributed by atoms with van der Waals surface area (Å²) in [6.07, 6.45) is 2.60. The summed E-state index contributed by atoms with van der Waals surface area (Å²) in [7, 11) is -4.48. The smallest absolute Gasteiger partial charge is 0.362 e. The third-order valence-corrected chi connectivity index (χ3v) is 6.96. The van der Waals surface area contributed by atoms with Crippen LogP contribution in [-0.4, -0.2) is 33.1 Å². The van der Waals surface area contributed by atoms with Crippen LogP contribution < -0.4 is 11.2 Å². The van der Waals surface area contributed by atoms with Crippen molar-refractivity contribution in [3.8, 4) is 5.88 Å². The van der Waals surface area contributed by atoms with Gasteiger partial charge < -0.3 is 14.6 Å². The quantitative estimate of drug-likeness (QED) is 0.381. The van der Waals surface area contributed by atoms with E-state index in [1.807, 2.05) is 0 Å². The van der Waals surface area contributed by atoms with Crippen molar-refractivity contribution >= 4 is 43.2 Å². The number of fused-ring (bicyclic) bond motifs is 2. The minimum atomic E-state index is -4.48. The summed E-state index contributed by atoms with van der Waals surface area (Å²) in [5.41, 5.74) is -2.78. The standard InChI is InChI=1S/C19H10ClFN4O6S/c20-11-3-4-14(17-16(11)18(26)25(28)19(27)23-17)32(29,30)9-6-12(21)10-8-22-24(13(10)7-9)15-2-1-5-31-15/h1-8,28H,(H,23,27). The number of nitrogens with one attached hydrogen (secondary N) is 1. The minimum absolute atomic E-state index is 0.0536. The fourth-order valence-corrected chi connectivity index (χ4v) is 5.07. The van der Waals surface area contributed by atoms with Crippen LogP contribution in [0.3, 0.4) is 0 Å². The van der Waals surface area contributed by atoms with Crippen molar-refractivity contribution in [2.75, 3.05) is 0 Å². The van der Waals surface area contributed by atoms with Crippen molar-refractivity contribution < 1.29 is 22.4 Å². The lowest BCUT2D eigenvalue weighted by molar-refractivity contribution is 0.162. The summed E-state index contributed by atoms with van der Waals surface area (Å²) in [5, 5.41) is 13.1. The first-order valence-corrected chi connectivity index (χ1v) is 10.7. The first kappa shape index (κ1) is 20.0. The van der Waals surface area contributed by atoms with Crippen molar-refractivity contribution in [2.45, 2.75) is 9.79 Å². The molecule has 0 bridgehead atoms. The van der Waals surface area contributed by atoms with Gasteiger partial charge >= 0.3 is 5.69 Å². The van der Waals surface area contributed by atoms with Crippen LogP contribution in [0.2, 0.25) is 5.02 Å². The van der Waals surface area contributed by atoms with Crippen molar-refractivity contribution in [2.24, 2.45) is 0 Å². The lowest BCUT2D eigenvalue weighted by Crippen LogP contribution is -2.33. The van der Waals surface area contributed by atoms with Crippen molar-refractivity contribution in [3.05, 3.63) is 80.5 Å². The molecule has 0 aliphatic carbocycles. The Kier molecular flexibility index (Phi) is 4.26. The molecule has 2 aromatic carbocycles. The Morgan fingerprint density at radius 1 is 1.19 bits per heavy atom. The van der Waals surface area contributed by atoms with E-state index < -0.39 is 47.6 Å². The summed E-state index contributed by atoms with van der Waals surface area (Å²) < 4.78 is 47.9. The fourth-order valence-electron chi connectivity index (χ4n) is 3.38. The number of halogens is 2. The van der Waals surface area contributed by atoms with Gasteiger partial charge in [0.05, 0.1) is 49.1 Å². The number of rotatable bonds is 3. The Bertz CT molecular complexity index is 1770. The molecule has 0 spiro atoms. The maximum Gasteiger partial charge on any atom is 0.362 e. The Labute approximate surface area is 181 Å². The van der Waals surface area contributed by atoms with Crippen molar-refractivity contribution in [3.63, 3.8) is 0 Å². The van der Waals surface area contributed by atoms with E-state index in [-0.39, 0.29) is 26.5 Å². The molecule has 5 rings (SSSR count). The van der Waals surface area contributed by atoms with Gasteiger partial charge in [-0.2, -0.15) is 9.78 Å². The van der Waals surface area contributed by atoms with Crippen molar-refractivity contribution in [1.29, 1.82) is 0 Å². The third-order valence-electron chi connectivity index (χ3n) is 4.87. The zero-order chi connectivity index (χ0) is 22.8. The second-order valence-electron chi connectivity index (χ2n) is 6.69. The van der Waals surface area contributed by atoms with Crippen LogP contribution in [-0.2, 0) is 9.84 Å². The highest BCUT2D eigenvalue weighted by molar-refractivity contribution is 7.91. The normalized spacial score (nSPS) is 12.1. The lowest BCUT2D eigenvalue weighted by Gasteiger charge is -2.10. The van der Waals surface area contributed by atoms with Gasteiger partial charge in [0.1, 0.15) is 5.82 Å². The molecule has 0 unspecified atom stereocenters. The van der Waals surface area contributed by atoms with E-state index in [0.29, 0.717) is 0 Å². The predicted octanol–water partition coefficient (Wildman–Crippen LogP) is 2.48. The molecule has 0 fully saturated rings. The number of nitrogens with zero attached hydrogens (tertiary/aromatic N) is 3. The highest BCUT2D eigenvalue weighted by Crippen LogP contribution is 2.32. The molecule has 0 aliphatic heterocycles. The Balaban J connectivity index is 1.82. The molecular formula is C19H10ClFN4O6S. The van der Waals surface area contributed by atoms with Crippen LogP contribution in [0.4, 0.5) is 4.39 Å². The zero-order valence-electron chi connectivity index (χ0n) is 15.6. The van der Waals surface area contributed by atoms with E-state index in [1.54, 1.807) is 12.1 Å². The SMILES string of the molecule is O=c1[nH]c2c(S(=O)(=O)c3cc(F)c4cnn(-c5ccco5)c4c3)ccc(Cl)c2c(=O)n1O. The van der Waals surface area contributed by atoms with Gasteiger partial charge in [-0.1, -0.05) is 16.3 Å². The summed E-state index contributed by atoms with van der Waals surface area (Å²) in [6, 6.07) is 7.33. The molecule has 162 valence electrons. The Morgan fingerprint density at radius 2 is 1.97 bits per heavy atom. The first-order valence-electron chi connectivity index (χ1n) is 8.83. The molecule has 13 heteroatoms. The van der Waals surface area contributed by atoms with E-state index in [9.17, 15) is 27.6 Å². The van der Waals surface area contributed by atoms with Crippen LogP contribution in [0.5, 0.6) is 0 Å². The number of benzene rings is 2. The fraction of sp³-hybridized carbons (Fsp3) is 0. The van der Waals surface area contributed by atoms with E-state index in [1.165, 1.54) is 23.2 Å². The molecule has 0 saturated heterocycles. The average Bonchev–Trinajstić information content (AvgIpc) is 3.41. The molecule has 0 atom stereocenters. The molecule has 0 radical (unpaired) electrons. The molecule has 10 nitrogen and oxygen atoms in total. The lowest BCUT2D eigenvalue weighted by atomic mass is 10.2. The molecule has 32 heavy (non-hydrogen) atoms. The van der Waals surface area contributed by atoms with Crippen LogP contribution in [0, 0.1) is 5.82 Å². The zero-order valence-corrected chi connectivity index (χ0v) is 17.2. The number of hydrogen-bond acceptors (Lipinski definition) is 7.